The Kier molecular flexibility index (Phi) is 4.31. The fraction of sp³-hybridized carbons (Fsp3) is 0.100. The van der Waals surface area contributed by atoms with E-state index in [0.29, 0.717) is 13.1 Å². The molecule has 0 aliphatic heterocycles. The monoisotopic (exact) mass is 395 g/mol. The van der Waals surface area contributed by atoms with Gasteiger partial charge in [-0.05, 0) is 34.2 Å². The topological polar surface area (TPSA) is 22.1 Å². The Labute approximate surface area is 111 Å². The minimum atomic E-state index is 0.482. The molecule has 0 spiro atoms. The van der Waals surface area contributed by atoms with Crippen molar-refractivity contribution >= 4 is 55.3 Å². The predicted molar refractivity (Wildman–Crippen MR) is 76.6 cm³/mol. The molecule has 1 atom stereocenters. The summed E-state index contributed by atoms with van der Waals surface area (Å²) in [5.41, 5.74) is 2.15. The number of hydrogen-bond acceptors (Lipinski definition) is 2. The van der Waals surface area contributed by atoms with Gasteiger partial charge in [0, 0.05) is 21.6 Å². The molecule has 0 amide bonds. The summed E-state index contributed by atoms with van der Waals surface area (Å²) < 4.78 is 6.50. The zero-order chi connectivity index (χ0) is 10.7. The first-order chi connectivity index (χ1) is 7.33. The van der Waals surface area contributed by atoms with Crippen LogP contribution in [0.4, 0.5) is 0 Å². The molecule has 1 heterocycles. The van der Waals surface area contributed by atoms with Crippen molar-refractivity contribution < 1.29 is 4.52 Å². The first-order valence-corrected chi connectivity index (χ1v) is 9.14. The second kappa shape index (κ2) is 5.53. The molecule has 1 unspecified atom stereocenters. The van der Waals surface area contributed by atoms with Crippen molar-refractivity contribution in [2.24, 2.45) is 0 Å². The molecule has 2 nitrogen and oxygen atoms in total. The third-order valence-electron chi connectivity index (χ3n) is 2.08. The van der Waals surface area contributed by atoms with Crippen LogP contribution in [-0.2, 0) is 11.1 Å². The molecule has 15 heavy (non-hydrogen) atoms. The Bertz CT molecular complexity index is 480. The van der Waals surface area contributed by atoms with Gasteiger partial charge in [-0.3, -0.25) is 4.98 Å². The number of hydrogen-bond donors (Lipinski definition) is 0. The lowest BCUT2D eigenvalue weighted by atomic mass is 10.1. The molecule has 0 bridgehead atoms. The van der Waals surface area contributed by atoms with Gasteiger partial charge < -0.3 is 4.52 Å². The van der Waals surface area contributed by atoms with Crippen molar-refractivity contribution in [2.75, 3.05) is 0 Å². The first kappa shape index (κ1) is 11.7. The van der Waals surface area contributed by atoms with Gasteiger partial charge in [0.2, 0.25) is 0 Å². The Morgan fingerprint density at radius 2 is 2.27 bits per heavy atom. The Balaban J connectivity index is 2.51. The van der Waals surface area contributed by atoms with E-state index in [0.717, 1.165) is 20.9 Å². The van der Waals surface area contributed by atoms with Gasteiger partial charge in [0.15, 0.2) is 0 Å². The highest BCUT2D eigenvalue weighted by Gasteiger charge is 2.04. The third-order valence-corrected chi connectivity index (χ3v) is 3.96. The normalized spacial score (nSPS) is 11.6. The maximum absolute atomic E-state index is 5.43. The average Bonchev–Trinajstić information content (AvgIpc) is 2.29. The summed E-state index contributed by atoms with van der Waals surface area (Å²) in [5, 5.41) is 1.13. The molecule has 2 aromatic rings. The second-order valence-corrected chi connectivity index (χ2v) is 5.59. The molecule has 0 saturated carbocycles. The van der Waals surface area contributed by atoms with Crippen LogP contribution in [0.15, 0.2) is 34.9 Å². The number of rotatable bonds is 3. The summed E-state index contributed by atoms with van der Waals surface area (Å²) in [6.45, 7) is 1.11. The van der Waals surface area contributed by atoms with Gasteiger partial charge in [-0.25, -0.2) is 0 Å². The van der Waals surface area contributed by atoms with Gasteiger partial charge >= 0.3 is 0 Å². The van der Waals surface area contributed by atoms with E-state index < -0.39 is 0 Å². The summed E-state index contributed by atoms with van der Waals surface area (Å²) >= 11 is 5.74. The Morgan fingerprint density at radius 3 is 3.07 bits per heavy atom. The van der Waals surface area contributed by atoms with E-state index in [2.05, 4.69) is 55.1 Å². The predicted octanol–water partition coefficient (Wildman–Crippen LogP) is 4.46. The minimum Gasteiger partial charge on any atom is -0.347 e. The molecule has 0 aliphatic carbocycles. The van der Waals surface area contributed by atoms with Gasteiger partial charge in [-0.15, -0.1) is 0 Å². The average molecular weight is 396 g/mol. The van der Waals surface area contributed by atoms with Gasteiger partial charge in [-0.1, -0.05) is 28.1 Å². The lowest BCUT2D eigenvalue weighted by molar-refractivity contribution is 0.362. The van der Waals surface area contributed by atoms with Crippen molar-refractivity contribution in [3.8, 4) is 0 Å². The third kappa shape index (κ3) is 2.67. The van der Waals surface area contributed by atoms with E-state index in [1.165, 1.54) is 0 Å². The molecule has 0 radical (unpaired) electrons. The van der Waals surface area contributed by atoms with Crippen molar-refractivity contribution in [3.05, 3.63) is 40.5 Å². The van der Waals surface area contributed by atoms with Crippen LogP contribution in [-0.4, -0.2) is 4.98 Å². The molecular formula is C10H8BrINOP. The summed E-state index contributed by atoms with van der Waals surface area (Å²) in [7, 11) is 0. The smallest absolute Gasteiger partial charge is 0.0798 e. The molecule has 1 aromatic carbocycles. The highest BCUT2D eigenvalue weighted by atomic mass is 127. The number of pyridine rings is 1. The van der Waals surface area contributed by atoms with E-state index in [1.807, 2.05) is 18.3 Å². The van der Waals surface area contributed by atoms with E-state index in [-0.39, 0.29) is 0 Å². The molecule has 78 valence electrons. The highest BCUT2D eigenvalue weighted by Crippen LogP contribution is 2.29. The number of halogens is 2. The SMILES string of the molecule is Brc1ccc(COPI)c2ncccc12. The van der Waals surface area contributed by atoms with Crippen LogP contribution in [0.2, 0.25) is 0 Å². The van der Waals surface area contributed by atoms with Crippen LogP contribution in [0.1, 0.15) is 5.56 Å². The van der Waals surface area contributed by atoms with E-state index in [9.17, 15) is 0 Å². The Morgan fingerprint density at radius 1 is 1.40 bits per heavy atom. The van der Waals surface area contributed by atoms with Crippen molar-refractivity contribution in [1.82, 2.24) is 4.98 Å². The minimum absolute atomic E-state index is 0.482. The standard InChI is InChI=1S/C10H8BrINOP/c11-9-4-3-7(6-14-15-12)10-8(9)2-1-5-13-10/h1-5,15H,6H2. The summed E-state index contributed by atoms with van der Waals surface area (Å²) in [6, 6.07) is 8.09. The van der Waals surface area contributed by atoms with Crippen LogP contribution < -0.4 is 0 Å². The van der Waals surface area contributed by atoms with Crippen molar-refractivity contribution in [3.63, 3.8) is 0 Å². The largest absolute Gasteiger partial charge is 0.347 e. The summed E-state index contributed by atoms with van der Waals surface area (Å²) in [5.74, 6) is 0. The van der Waals surface area contributed by atoms with Crippen molar-refractivity contribution in [2.45, 2.75) is 6.61 Å². The molecule has 2 rings (SSSR count). The number of benzene rings is 1. The fourth-order valence-corrected chi connectivity index (χ4v) is 2.55. The lowest BCUT2D eigenvalue weighted by Crippen LogP contribution is -1.90. The Hall–Kier alpha value is 0.230. The second-order valence-electron chi connectivity index (χ2n) is 2.97. The number of nitrogens with zero attached hydrogens (tertiary/aromatic N) is 1. The van der Waals surface area contributed by atoms with Crippen LogP contribution in [0.5, 0.6) is 0 Å². The molecule has 5 heteroatoms. The molecule has 0 fully saturated rings. The van der Waals surface area contributed by atoms with Crippen LogP contribution in [0.3, 0.4) is 0 Å². The maximum atomic E-state index is 5.43. The quantitative estimate of drug-likeness (QED) is 0.565. The zero-order valence-electron chi connectivity index (χ0n) is 7.71. The molecule has 1 aromatic heterocycles. The number of fused-ring (bicyclic) bond motifs is 1. The molecule has 0 N–H and O–H groups in total. The maximum Gasteiger partial charge on any atom is 0.0798 e. The van der Waals surface area contributed by atoms with Gasteiger partial charge in [-0.2, -0.15) is 0 Å². The van der Waals surface area contributed by atoms with Gasteiger partial charge in [0.05, 0.1) is 18.6 Å². The van der Waals surface area contributed by atoms with E-state index in [4.69, 9.17) is 4.52 Å². The van der Waals surface area contributed by atoms with E-state index >= 15 is 0 Å². The van der Waals surface area contributed by atoms with Crippen LogP contribution >= 0.6 is 44.4 Å². The number of aromatic nitrogens is 1. The highest BCUT2D eigenvalue weighted by molar-refractivity contribution is 14.2. The molecule has 0 aliphatic rings. The van der Waals surface area contributed by atoms with Gasteiger partial charge in [0.25, 0.3) is 0 Å². The zero-order valence-corrected chi connectivity index (χ0v) is 12.4. The summed E-state index contributed by atoms with van der Waals surface area (Å²) in [6.07, 6.45) is 1.81. The van der Waals surface area contributed by atoms with Gasteiger partial charge in [0.1, 0.15) is 0 Å². The van der Waals surface area contributed by atoms with E-state index in [1.54, 1.807) is 0 Å². The lowest BCUT2D eigenvalue weighted by Gasteiger charge is -2.06. The van der Waals surface area contributed by atoms with Crippen molar-refractivity contribution in [1.29, 1.82) is 0 Å². The van der Waals surface area contributed by atoms with Crippen LogP contribution in [0.25, 0.3) is 10.9 Å². The summed E-state index contributed by atoms with van der Waals surface area (Å²) in [4.78, 5) is 4.39. The fourth-order valence-electron chi connectivity index (χ4n) is 1.42. The first-order valence-electron chi connectivity index (χ1n) is 4.32. The molecule has 0 saturated heterocycles. The molecular weight excluding hydrogens is 388 g/mol. The van der Waals surface area contributed by atoms with Crippen LogP contribution in [0, 0.1) is 0 Å².